The molecule has 0 aromatic heterocycles. The number of hydrogen-bond donors (Lipinski definition) is 0. The van der Waals surface area contributed by atoms with Crippen LogP contribution in [0.4, 0.5) is 0 Å². The molecule has 0 radical (unpaired) electrons. The molecule has 0 spiro atoms. The molecule has 2 fully saturated rings. The minimum Gasteiger partial charge on any atom is -0.493 e. The van der Waals surface area contributed by atoms with Crippen LogP contribution in [0, 0.1) is 0 Å². The van der Waals surface area contributed by atoms with Crippen LogP contribution in [0.15, 0.2) is 12.1 Å². The van der Waals surface area contributed by atoms with Gasteiger partial charge in [0.15, 0.2) is 11.5 Å². The molecule has 0 atom stereocenters. The van der Waals surface area contributed by atoms with Crippen molar-refractivity contribution in [3.63, 3.8) is 0 Å². The largest absolute Gasteiger partial charge is 0.493 e. The molecular formula is C17H24ClN3O5S. The fourth-order valence-electron chi connectivity index (χ4n) is 3.43. The van der Waals surface area contributed by atoms with E-state index in [0.29, 0.717) is 43.2 Å². The number of ether oxygens (including phenoxy) is 2. The van der Waals surface area contributed by atoms with Crippen molar-refractivity contribution in [2.24, 2.45) is 0 Å². The molecule has 3 rings (SSSR count). The Kier molecular flexibility index (Phi) is 6.15. The van der Waals surface area contributed by atoms with E-state index in [-0.39, 0.29) is 24.0 Å². The summed E-state index contributed by atoms with van der Waals surface area (Å²) in [5.74, 6) is 0.539. The lowest BCUT2D eigenvalue weighted by molar-refractivity contribution is 0.0694. The summed E-state index contributed by atoms with van der Waals surface area (Å²) in [6.45, 7) is 2.38. The second-order valence-corrected chi connectivity index (χ2v) is 8.83. The lowest BCUT2D eigenvalue weighted by atomic mass is 10.1. The molecule has 27 heavy (non-hydrogen) atoms. The van der Waals surface area contributed by atoms with Gasteiger partial charge in [-0.15, -0.1) is 0 Å². The molecule has 0 bridgehead atoms. The third-order valence-corrected chi connectivity index (χ3v) is 7.24. The van der Waals surface area contributed by atoms with Gasteiger partial charge in [0.2, 0.25) is 0 Å². The number of benzene rings is 1. The van der Waals surface area contributed by atoms with Crippen LogP contribution in [0.25, 0.3) is 0 Å². The Hall–Kier alpha value is -1.55. The van der Waals surface area contributed by atoms with E-state index in [1.54, 1.807) is 17.0 Å². The first-order chi connectivity index (χ1) is 12.9. The summed E-state index contributed by atoms with van der Waals surface area (Å²) >= 11 is 6.18. The number of carbonyl (C=O) groups excluding carboxylic acids is 1. The summed E-state index contributed by atoms with van der Waals surface area (Å²) in [5, 5.41) is 0.287. The van der Waals surface area contributed by atoms with E-state index in [2.05, 4.69) is 0 Å². The third-order valence-electron chi connectivity index (χ3n) is 4.92. The maximum atomic E-state index is 12.8. The van der Waals surface area contributed by atoms with Gasteiger partial charge in [0.05, 0.1) is 19.2 Å². The van der Waals surface area contributed by atoms with Crippen molar-refractivity contribution in [1.29, 1.82) is 0 Å². The van der Waals surface area contributed by atoms with Crippen LogP contribution < -0.4 is 9.47 Å². The Labute approximate surface area is 164 Å². The van der Waals surface area contributed by atoms with Crippen LogP contribution in [0.2, 0.25) is 5.02 Å². The van der Waals surface area contributed by atoms with E-state index in [9.17, 15) is 13.2 Å². The Bertz CT molecular complexity index is 803. The molecule has 2 aliphatic heterocycles. The molecule has 1 aromatic carbocycles. The first kappa shape index (κ1) is 20.2. The maximum Gasteiger partial charge on any atom is 0.282 e. The van der Waals surface area contributed by atoms with E-state index in [1.807, 2.05) is 0 Å². The van der Waals surface area contributed by atoms with Crippen molar-refractivity contribution in [3.05, 3.63) is 22.7 Å². The number of nitrogens with zero attached hydrogens (tertiary/aromatic N) is 3. The zero-order chi connectivity index (χ0) is 19.6. The highest BCUT2D eigenvalue weighted by atomic mass is 35.5. The number of amides is 1. The Morgan fingerprint density at radius 2 is 1.56 bits per heavy atom. The number of methoxy groups -OCH3 is 2. The van der Waals surface area contributed by atoms with E-state index in [4.69, 9.17) is 21.1 Å². The Balaban J connectivity index is 1.69. The molecule has 10 heteroatoms. The molecular weight excluding hydrogens is 394 g/mol. The molecule has 150 valence electrons. The van der Waals surface area contributed by atoms with Crippen molar-refractivity contribution in [3.8, 4) is 11.5 Å². The molecule has 0 aliphatic carbocycles. The Morgan fingerprint density at radius 3 is 2.11 bits per heavy atom. The molecule has 1 aromatic rings. The van der Waals surface area contributed by atoms with Gasteiger partial charge in [0.25, 0.3) is 16.1 Å². The predicted octanol–water partition coefficient (Wildman–Crippen LogP) is 1.46. The van der Waals surface area contributed by atoms with Gasteiger partial charge in [0.1, 0.15) is 0 Å². The summed E-state index contributed by atoms with van der Waals surface area (Å²) in [7, 11) is -0.477. The second-order valence-electron chi connectivity index (χ2n) is 6.50. The molecule has 2 heterocycles. The average Bonchev–Trinajstić information content (AvgIpc) is 3.22. The predicted molar refractivity (Wildman–Crippen MR) is 102 cm³/mol. The summed E-state index contributed by atoms with van der Waals surface area (Å²) < 4.78 is 38.7. The van der Waals surface area contributed by atoms with Crippen LogP contribution in [-0.2, 0) is 10.2 Å². The van der Waals surface area contributed by atoms with Gasteiger partial charge < -0.3 is 14.4 Å². The topological polar surface area (TPSA) is 79.4 Å². The number of piperazine rings is 1. The van der Waals surface area contributed by atoms with E-state index < -0.39 is 10.2 Å². The van der Waals surface area contributed by atoms with Crippen molar-refractivity contribution in [1.82, 2.24) is 13.5 Å². The highest BCUT2D eigenvalue weighted by molar-refractivity contribution is 7.86. The first-order valence-corrected chi connectivity index (χ1v) is 10.6. The average molecular weight is 418 g/mol. The molecule has 1 amide bonds. The van der Waals surface area contributed by atoms with Crippen LogP contribution >= 0.6 is 11.6 Å². The van der Waals surface area contributed by atoms with Crippen molar-refractivity contribution in [2.75, 3.05) is 53.5 Å². The van der Waals surface area contributed by atoms with Gasteiger partial charge in [-0.2, -0.15) is 17.0 Å². The lowest BCUT2D eigenvalue weighted by Gasteiger charge is -2.35. The van der Waals surface area contributed by atoms with Gasteiger partial charge in [0, 0.05) is 44.8 Å². The highest BCUT2D eigenvalue weighted by Gasteiger charge is 2.35. The van der Waals surface area contributed by atoms with E-state index in [0.717, 1.165) is 12.8 Å². The quantitative estimate of drug-likeness (QED) is 0.724. The number of rotatable bonds is 5. The zero-order valence-electron chi connectivity index (χ0n) is 15.5. The monoisotopic (exact) mass is 417 g/mol. The highest BCUT2D eigenvalue weighted by Crippen LogP contribution is 2.36. The molecule has 0 unspecified atom stereocenters. The van der Waals surface area contributed by atoms with E-state index >= 15 is 0 Å². The van der Waals surface area contributed by atoms with Gasteiger partial charge in [-0.25, -0.2) is 0 Å². The fraction of sp³-hybridized carbons (Fsp3) is 0.588. The van der Waals surface area contributed by atoms with Crippen molar-refractivity contribution >= 4 is 27.7 Å². The summed E-state index contributed by atoms with van der Waals surface area (Å²) in [6, 6.07) is 3.12. The van der Waals surface area contributed by atoms with Gasteiger partial charge in [-0.3, -0.25) is 4.79 Å². The number of carbonyl (C=O) groups is 1. The normalized spacial score (nSPS) is 19.3. The van der Waals surface area contributed by atoms with Crippen LogP contribution in [0.5, 0.6) is 11.5 Å². The molecule has 2 saturated heterocycles. The molecule has 0 N–H and O–H groups in total. The van der Waals surface area contributed by atoms with Gasteiger partial charge >= 0.3 is 0 Å². The summed E-state index contributed by atoms with van der Waals surface area (Å²) in [5.41, 5.74) is 0.383. The van der Waals surface area contributed by atoms with Crippen LogP contribution in [0.1, 0.15) is 23.2 Å². The third kappa shape index (κ3) is 4.01. The minimum atomic E-state index is -3.43. The molecule has 0 saturated carbocycles. The Morgan fingerprint density at radius 1 is 0.963 bits per heavy atom. The number of halogens is 1. The smallest absolute Gasteiger partial charge is 0.282 e. The SMILES string of the molecule is COc1cc(C(=O)N2CCN(S(=O)(=O)N3CCCC3)CC2)cc(Cl)c1OC. The van der Waals surface area contributed by atoms with Gasteiger partial charge in [-0.1, -0.05) is 11.6 Å². The number of hydrogen-bond acceptors (Lipinski definition) is 5. The summed E-state index contributed by atoms with van der Waals surface area (Å²) in [4.78, 5) is 14.5. The zero-order valence-corrected chi connectivity index (χ0v) is 17.1. The summed E-state index contributed by atoms with van der Waals surface area (Å²) in [6.07, 6.45) is 1.80. The first-order valence-electron chi connectivity index (χ1n) is 8.84. The lowest BCUT2D eigenvalue weighted by Crippen LogP contribution is -2.53. The standard InChI is InChI=1S/C17H24ClN3O5S/c1-25-15-12-13(11-14(18)16(15)26-2)17(22)19-7-9-21(10-8-19)27(23,24)20-5-3-4-6-20/h11-12H,3-10H2,1-2H3. The minimum absolute atomic E-state index is 0.212. The van der Waals surface area contributed by atoms with Crippen molar-refractivity contribution in [2.45, 2.75) is 12.8 Å². The molecule has 8 nitrogen and oxygen atoms in total. The van der Waals surface area contributed by atoms with Crippen LogP contribution in [0.3, 0.4) is 0 Å². The second kappa shape index (κ2) is 8.22. The van der Waals surface area contributed by atoms with Crippen molar-refractivity contribution < 1.29 is 22.7 Å². The van der Waals surface area contributed by atoms with Crippen LogP contribution in [-0.4, -0.2) is 81.3 Å². The molecule has 2 aliphatic rings. The maximum absolute atomic E-state index is 12.8. The van der Waals surface area contributed by atoms with Gasteiger partial charge in [-0.05, 0) is 25.0 Å². The fourth-order valence-corrected chi connectivity index (χ4v) is 5.39. The van der Waals surface area contributed by atoms with E-state index in [1.165, 1.54) is 22.8 Å².